The van der Waals surface area contributed by atoms with Crippen molar-refractivity contribution < 1.29 is 4.74 Å². The van der Waals surface area contributed by atoms with Gasteiger partial charge in [-0.3, -0.25) is 0 Å². The van der Waals surface area contributed by atoms with Gasteiger partial charge in [0.1, 0.15) is 0 Å². The number of hydrogen-bond acceptors (Lipinski definition) is 4. The Bertz CT molecular complexity index is 366. The van der Waals surface area contributed by atoms with Crippen LogP contribution in [0.5, 0.6) is 0 Å². The number of ether oxygens (including phenoxy) is 1. The lowest BCUT2D eigenvalue weighted by Gasteiger charge is -2.26. The molecular weight excluding hydrogens is 280 g/mol. The minimum Gasteiger partial charge on any atom is -0.379 e. The van der Waals surface area contributed by atoms with E-state index in [2.05, 4.69) is 45.9 Å². The summed E-state index contributed by atoms with van der Waals surface area (Å²) in [6.45, 7) is 12.5. The normalized spacial score (nSPS) is 16.7. The minimum absolute atomic E-state index is 0.493. The van der Waals surface area contributed by atoms with E-state index in [-0.39, 0.29) is 0 Å². The molecule has 1 aliphatic heterocycles. The van der Waals surface area contributed by atoms with E-state index in [4.69, 9.17) is 4.74 Å². The van der Waals surface area contributed by atoms with Crippen LogP contribution in [0.1, 0.15) is 31.7 Å². The molecule has 0 spiro atoms. The van der Waals surface area contributed by atoms with E-state index >= 15 is 0 Å². The molecule has 1 aliphatic rings. The van der Waals surface area contributed by atoms with Crippen LogP contribution in [0.25, 0.3) is 0 Å². The lowest BCUT2D eigenvalue weighted by molar-refractivity contribution is 0.0770. The fourth-order valence-electron chi connectivity index (χ4n) is 2.13. The number of benzene rings is 1. The van der Waals surface area contributed by atoms with Gasteiger partial charge in [0.15, 0.2) is 0 Å². The first kappa shape index (κ1) is 18.2. The zero-order chi connectivity index (χ0) is 15.3. The van der Waals surface area contributed by atoms with E-state index in [0.29, 0.717) is 5.92 Å². The highest BCUT2D eigenvalue weighted by atomic mass is 32.2. The van der Waals surface area contributed by atoms with Crippen molar-refractivity contribution in [2.45, 2.75) is 26.2 Å². The van der Waals surface area contributed by atoms with Crippen molar-refractivity contribution in [3.05, 3.63) is 48.6 Å². The van der Waals surface area contributed by atoms with E-state index in [1.807, 2.05) is 19.9 Å². The minimum atomic E-state index is 0.493. The predicted octanol–water partition coefficient (Wildman–Crippen LogP) is 3.86. The first-order valence-electron chi connectivity index (χ1n) is 7.78. The lowest BCUT2D eigenvalue weighted by atomic mass is 9.96. The molecule has 0 amide bonds. The standard InChI is InChI=1S/C15H22N2OS.C2H6/c1-2-6-15(14-7-4-3-5-8-14)13-16-19-17-9-11-18-12-10-17;1-2/h2-5,7-8,15-16H,1,6,9-13H2;1-2H3. The second kappa shape index (κ2) is 11.8. The van der Waals surface area contributed by atoms with E-state index < -0.39 is 0 Å². The van der Waals surface area contributed by atoms with Gasteiger partial charge in [-0.2, -0.15) is 0 Å². The van der Waals surface area contributed by atoms with Gasteiger partial charge in [0, 0.05) is 37.7 Å². The fraction of sp³-hybridized carbons (Fsp3) is 0.529. The van der Waals surface area contributed by atoms with Crippen LogP contribution in [-0.2, 0) is 4.74 Å². The quantitative estimate of drug-likeness (QED) is 0.611. The van der Waals surface area contributed by atoms with Crippen LogP contribution in [0, 0.1) is 0 Å². The van der Waals surface area contributed by atoms with Gasteiger partial charge in [0.2, 0.25) is 0 Å². The molecule has 21 heavy (non-hydrogen) atoms. The molecule has 3 nitrogen and oxygen atoms in total. The zero-order valence-electron chi connectivity index (χ0n) is 13.3. The Labute approximate surface area is 134 Å². The third-order valence-corrected chi connectivity index (χ3v) is 4.13. The highest BCUT2D eigenvalue weighted by molar-refractivity contribution is 7.95. The average molecular weight is 308 g/mol. The summed E-state index contributed by atoms with van der Waals surface area (Å²) in [6.07, 6.45) is 3.00. The molecule has 1 heterocycles. The van der Waals surface area contributed by atoms with Gasteiger partial charge in [-0.1, -0.05) is 50.3 Å². The number of morpholine rings is 1. The van der Waals surface area contributed by atoms with Crippen molar-refractivity contribution >= 4 is 12.1 Å². The Morgan fingerprint density at radius 1 is 1.29 bits per heavy atom. The van der Waals surface area contributed by atoms with Crippen LogP contribution in [-0.4, -0.2) is 37.2 Å². The molecule has 0 bridgehead atoms. The van der Waals surface area contributed by atoms with Crippen molar-refractivity contribution in [3.8, 4) is 0 Å². The number of hydrogen-bond donors (Lipinski definition) is 1. The zero-order valence-corrected chi connectivity index (χ0v) is 14.1. The van der Waals surface area contributed by atoms with Crippen molar-refractivity contribution in [1.29, 1.82) is 0 Å². The first-order valence-corrected chi connectivity index (χ1v) is 8.56. The van der Waals surface area contributed by atoms with E-state index in [0.717, 1.165) is 39.3 Å². The molecule has 1 fully saturated rings. The largest absolute Gasteiger partial charge is 0.379 e. The molecular formula is C17H28N2OS. The first-order chi connectivity index (χ1) is 10.4. The maximum Gasteiger partial charge on any atom is 0.0603 e. The van der Waals surface area contributed by atoms with Crippen molar-refractivity contribution in [3.63, 3.8) is 0 Å². The van der Waals surface area contributed by atoms with Crippen molar-refractivity contribution in [1.82, 2.24) is 9.03 Å². The van der Waals surface area contributed by atoms with Crippen LogP contribution >= 0.6 is 12.1 Å². The molecule has 1 aromatic rings. The maximum absolute atomic E-state index is 5.34. The topological polar surface area (TPSA) is 24.5 Å². The number of nitrogens with one attached hydrogen (secondary N) is 1. The Morgan fingerprint density at radius 3 is 2.57 bits per heavy atom. The molecule has 4 heteroatoms. The molecule has 1 atom stereocenters. The van der Waals surface area contributed by atoms with Gasteiger partial charge in [-0.25, -0.2) is 9.03 Å². The van der Waals surface area contributed by atoms with E-state index in [1.165, 1.54) is 5.56 Å². The monoisotopic (exact) mass is 308 g/mol. The summed E-state index contributed by atoms with van der Waals surface area (Å²) < 4.78 is 11.1. The SMILES string of the molecule is C=CCC(CNSN1CCOCC1)c1ccccc1.CC. The molecule has 0 radical (unpaired) electrons. The fourth-order valence-corrected chi connectivity index (χ4v) is 2.92. The van der Waals surface area contributed by atoms with Gasteiger partial charge >= 0.3 is 0 Å². The Balaban J connectivity index is 0.00000106. The molecule has 0 saturated carbocycles. The van der Waals surface area contributed by atoms with Crippen LogP contribution in [0.3, 0.4) is 0 Å². The molecule has 118 valence electrons. The van der Waals surface area contributed by atoms with Gasteiger partial charge < -0.3 is 4.74 Å². The summed E-state index contributed by atoms with van der Waals surface area (Å²) in [5.41, 5.74) is 1.37. The highest BCUT2D eigenvalue weighted by Crippen LogP contribution is 2.20. The summed E-state index contributed by atoms with van der Waals surface area (Å²) in [7, 11) is 0. The second-order valence-corrected chi connectivity index (χ2v) is 5.60. The molecule has 1 N–H and O–H groups in total. The molecule has 0 aromatic heterocycles. The second-order valence-electron chi connectivity index (χ2n) is 4.61. The molecule has 2 rings (SSSR count). The van der Waals surface area contributed by atoms with Gasteiger partial charge in [0.05, 0.1) is 13.2 Å². The third kappa shape index (κ3) is 7.14. The summed E-state index contributed by atoms with van der Waals surface area (Å²) in [4.78, 5) is 0. The van der Waals surface area contributed by atoms with Crippen LogP contribution in [0.15, 0.2) is 43.0 Å². The lowest BCUT2D eigenvalue weighted by Crippen LogP contribution is -2.34. The highest BCUT2D eigenvalue weighted by Gasteiger charge is 2.13. The molecule has 1 saturated heterocycles. The third-order valence-electron chi connectivity index (χ3n) is 3.22. The summed E-state index contributed by atoms with van der Waals surface area (Å²) >= 11 is 1.72. The van der Waals surface area contributed by atoms with Crippen LogP contribution < -0.4 is 4.72 Å². The smallest absolute Gasteiger partial charge is 0.0603 e. The van der Waals surface area contributed by atoms with Crippen LogP contribution in [0.2, 0.25) is 0 Å². The molecule has 0 aliphatic carbocycles. The maximum atomic E-state index is 5.34. The Kier molecular flexibility index (Phi) is 10.3. The van der Waals surface area contributed by atoms with Crippen molar-refractivity contribution in [2.24, 2.45) is 0 Å². The van der Waals surface area contributed by atoms with E-state index in [1.54, 1.807) is 12.1 Å². The summed E-state index contributed by atoms with van der Waals surface area (Å²) in [5, 5.41) is 0. The van der Waals surface area contributed by atoms with Gasteiger partial charge in [-0.05, 0) is 12.0 Å². The Morgan fingerprint density at radius 2 is 1.95 bits per heavy atom. The molecule has 1 aromatic carbocycles. The predicted molar refractivity (Wildman–Crippen MR) is 93.3 cm³/mol. The molecule has 1 unspecified atom stereocenters. The van der Waals surface area contributed by atoms with Gasteiger partial charge in [0.25, 0.3) is 0 Å². The number of allylic oxidation sites excluding steroid dienone is 1. The van der Waals surface area contributed by atoms with E-state index in [9.17, 15) is 0 Å². The number of rotatable bonds is 7. The Hall–Kier alpha value is -0.810. The van der Waals surface area contributed by atoms with Crippen molar-refractivity contribution in [2.75, 3.05) is 32.8 Å². The van der Waals surface area contributed by atoms with Crippen LogP contribution in [0.4, 0.5) is 0 Å². The summed E-state index contributed by atoms with van der Waals surface area (Å²) in [6, 6.07) is 10.6. The number of nitrogens with zero attached hydrogens (tertiary/aromatic N) is 1. The summed E-state index contributed by atoms with van der Waals surface area (Å²) in [5.74, 6) is 0.493. The van der Waals surface area contributed by atoms with Gasteiger partial charge in [-0.15, -0.1) is 6.58 Å². The average Bonchev–Trinajstić information content (AvgIpc) is 2.58.